The minimum absolute atomic E-state index is 0.0941. The van der Waals surface area contributed by atoms with Gasteiger partial charge in [0.25, 0.3) is 0 Å². The van der Waals surface area contributed by atoms with Crippen molar-refractivity contribution in [1.29, 1.82) is 0 Å². The molecule has 1 aliphatic carbocycles. The van der Waals surface area contributed by atoms with E-state index in [2.05, 4.69) is 10.6 Å². The van der Waals surface area contributed by atoms with E-state index in [0.717, 1.165) is 22.3 Å². The van der Waals surface area contributed by atoms with E-state index >= 15 is 0 Å². The summed E-state index contributed by atoms with van der Waals surface area (Å²) in [6.07, 6.45) is -2.50. The highest BCUT2D eigenvalue weighted by atomic mass is 16.5. The normalized spacial score (nSPS) is 14.1. The number of aliphatic carboxylic acids is 1. The van der Waals surface area contributed by atoms with Crippen LogP contribution in [-0.4, -0.2) is 65.2 Å². The largest absolute Gasteiger partial charge is 0.480 e. The van der Waals surface area contributed by atoms with Gasteiger partial charge in [0.05, 0.1) is 12.5 Å². The fourth-order valence-corrected chi connectivity index (χ4v) is 3.78. The summed E-state index contributed by atoms with van der Waals surface area (Å²) < 4.78 is 5.36. The number of hydrogen-bond donors (Lipinski definition) is 5. The Morgan fingerprint density at radius 1 is 1.00 bits per heavy atom. The van der Waals surface area contributed by atoms with Crippen molar-refractivity contribution in [3.05, 3.63) is 59.7 Å². The van der Waals surface area contributed by atoms with Crippen LogP contribution in [0, 0.1) is 0 Å². The van der Waals surface area contributed by atoms with Crippen LogP contribution in [0.2, 0.25) is 0 Å². The number of aliphatic hydroxyl groups is 2. The number of fused-ring (bicyclic) bond motifs is 3. The van der Waals surface area contributed by atoms with E-state index in [1.165, 1.54) is 0 Å². The minimum Gasteiger partial charge on any atom is -0.480 e. The molecule has 0 heterocycles. The van der Waals surface area contributed by atoms with Gasteiger partial charge in [0.2, 0.25) is 5.91 Å². The van der Waals surface area contributed by atoms with Crippen LogP contribution in [-0.2, 0) is 14.3 Å². The highest BCUT2D eigenvalue weighted by Crippen LogP contribution is 2.44. The lowest BCUT2D eigenvalue weighted by Crippen LogP contribution is -2.43. The summed E-state index contributed by atoms with van der Waals surface area (Å²) in [4.78, 5) is 35.0. The Kier molecular flexibility index (Phi) is 7.80. The number of rotatable bonds is 10. The summed E-state index contributed by atoms with van der Waals surface area (Å²) in [7, 11) is 0. The first kappa shape index (κ1) is 23.2. The quantitative estimate of drug-likeness (QED) is 0.372. The van der Waals surface area contributed by atoms with Crippen LogP contribution >= 0.6 is 0 Å². The first-order chi connectivity index (χ1) is 15.4. The molecule has 0 bridgehead atoms. The molecule has 0 aromatic heterocycles. The zero-order valence-electron chi connectivity index (χ0n) is 17.4. The maximum Gasteiger partial charge on any atom is 0.407 e. The highest BCUT2D eigenvalue weighted by molar-refractivity contribution is 5.83. The second kappa shape index (κ2) is 10.7. The number of aliphatic hydroxyl groups excluding tert-OH is 2. The lowest BCUT2D eigenvalue weighted by atomic mass is 9.98. The fourth-order valence-electron chi connectivity index (χ4n) is 3.78. The lowest BCUT2D eigenvalue weighted by molar-refractivity contribution is -0.142. The molecular formula is C23H26N2O7. The summed E-state index contributed by atoms with van der Waals surface area (Å²) in [6.45, 7) is -0.511. The monoisotopic (exact) mass is 442 g/mol. The summed E-state index contributed by atoms with van der Waals surface area (Å²) in [5.74, 6) is -2.07. The molecule has 5 N–H and O–H groups in total. The molecule has 170 valence electrons. The molecule has 2 aromatic rings. The van der Waals surface area contributed by atoms with Gasteiger partial charge in [0.15, 0.2) is 0 Å². The Balaban J connectivity index is 1.47. The molecule has 0 spiro atoms. The molecule has 1 unspecified atom stereocenters. The standard InChI is InChI=1S/C23H26N2O7/c26-10-9-20(22(29)30)25-21(28)11-14(27)12-24-23(31)32-13-19-17-7-3-1-5-15(17)16-6-2-4-8-18(16)19/h1-8,14,19-20,26-27H,9-13H2,(H,24,31)(H,25,28)(H,29,30)/t14?,20-/m1/s1. The zero-order valence-corrected chi connectivity index (χ0v) is 17.4. The smallest absolute Gasteiger partial charge is 0.407 e. The second-order valence-corrected chi connectivity index (χ2v) is 7.54. The van der Waals surface area contributed by atoms with E-state index in [-0.39, 0.29) is 25.5 Å². The lowest BCUT2D eigenvalue weighted by Gasteiger charge is -2.17. The molecule has 0 saturated carbocycles. The SMILES string of the molecule is O=C(CC(O)CNC(=O)OCC1c2ccccc2-c2ccccc21)N[C@H](CCO)C(=O)O. The van der Waals surface area contributed by atoms with Crippen LogP contribution in [0.4, 0.5) is 4.79 Å². The molecule has 0 radical (unpaired) electrons. The summed E-state index contributed by atoms with van der Waals surface area (Å²) in [5.41, 5.74) is 4.38. The molecule has 2 aromatic carbocycles. The predicted octanol–water partition coefficient (Wildman–Crippen LogP) is 1.23. The van der Waals surface area contributed by atoms with Gasteiger partial charge in [-0.2, -0.15) is 0 Å². The van der Waals surface area contributed by atoms with Crippen molar-refractivity contribution in [2.24, 2.45) is 0 Å². The molecule has 3 rings (SSSR count). The van der Waals surface area contributed by atoms with Crippen LogP contribution in [0.15, 0.2) is 48.5 Å². The fraction of sp³-hybridized carbons (Fsp3) is 0.348. The molecule has 2 amide bonds. The van der Waals surface area contributed by atoms with E-state index in [1.807, 2.05) is 48.5 Å². The average Bonchev–Trinajstić information content (AvgIpc) is 3.09. The molecule has 9 nitrogen and oxygen atoms in total. The first-order valence-electron chi connectivity index (χ1n) is 10.3. The van der Waals surface area contributed by atoms with Crippen molar-refractivity contribution in [2.45, 2.75) is 30.9 Å². The first-order valence-corrected chi connectivity index (χ1v) is 10.3. The highest BCUT2D eigenvalue weighted by Gasteiger charge is 2.29. The van der Waals surface area contributed by atoms with Gasteiger partial charge in [-0.1, -0.05) is 48.5 Å². The Labute approximate surface area is 185 Å². The van der Waals surface area contributed by atoms with Crippen LogP contribution in [0.5, 0.6) is 0 Å². The summed E-state index contributed by atoms with van der Waals surface area (Å²) in [5, 5.41) is 32.4. The molecule has 2 atom stereocenters. The third kappa shape index (κ3) is 5.63. The summed E-state index contributed by atoms with van der Waals surface area (Å²) in [6, 6.07) is 14.6. The Hall–Kier alpha value is -3.43. The van der Waals surface area contributed by atoms with Crippen LogP contribution in [0.25, 0.3) is 11.1 Å². The van der Waals surface area contributed by atoms with Crippen LogP contribution in [0.3, 0.4) is 0 Å². The van der Waals surface area contributed by atoms with Gasteiger partial charge in [-0.05, 0) is 22.3 Å². The van der Waals surface area contributed by atoms with Gasteiger partial charge in [-0.25, -0.2) is 9.59 Å². The van der Waals surface area contributed by atoms with Gasteiger partial charge in [-0.15, -0.1) is 0 Å². The number of benzene rings is 2. The van der Waals surface area contributed by atoms with Gasteiger partial charge >= 0.3 is 12.1 Å². The van der Waals surface area contributed by atoms with Gasteiger partial charge in [0.1, 0.15) is 12.6 Å². The Bertz CT molecular complexity index is 933. The third-order valence-electron chi connectivity index (χ3n) is 5.30. The van der Waals surface area contributed by atoms with Crippen molar-refractivity contribution in [2.75, 3.05) is 19.8 Å². The van der Waals surface area contributed by atoms with E-state index in [1.54, 1.807) is 0 Å². The maximum atomic E-state index is 12.1. The molecule has 32 heavy (non-hydrogen) atoms. The van der Waals surface area contributed by atoms with Crippen molar-refractivity contribution in [3.8, 4) is 11.1 Å². The number of alkyl carbamates (subject to hydrolysis) is 1. The van der Waals surface area contributed by atoms with Crippen molar-refractivity contribution >= 4 is 18.0 Å². The van der Waals surface area contributed by atoms with Crippen LogP contribution in [0.1, 0.15) is 29.9 Å². The number of nitrogens with one attached hydrogen (secondary N) is 2. The Morgan fingerprint density at radius 3 is 2.16 bits per heavy atom. The number of carbonyl (C=O) groups is 3. The summed E-state index contributed by atoms with van der Waals surface area (Å²) >= 11 is 0. The predicted molar refractivity (Wildman–Crippen MR) is 115 cm³/mol. The number of ether oxygens (including phenoxy) is 1. The average molecular weight is 442 g/mol. The van der Waals surface area contributed by atoms with E-state index in [9.17, 15) is 19.5 Å². The number of carboxylic acids is 1. The zero-order chi connectivity index (χ0) is 23.1. The van der Waals surface area contributed by atoms with Crippen molar-refractivity contribution < 1.29 is 34.4 Å². The maximum absolute atomic E-state index is 12.1. The third-order valence-corrected chi connectivity index (χ3v) is 5.30. The van der Waals surface area contributed by atoms with Gasteiger partial charge < -0.3 is 30.7 Å². The number of amides is 2. The molecule has 0 saturated heterocycles. The molecule has 1 aliphatic rings. The molecule has 0 aliphatic heterocycles. The van der Waals surface area contributed by atoms with E-state index in [0.29, 0.717) is 0 Å². The molecule has 0 fully saturated rings. The molecule has 9 heteroatoms. The number of carboxylic acid groups (broad SMARTS) is 1. The second-order valence-electron chi connectivity index (χ2n) is 7.54. The van der Waals surface area contributed by atoms with Gasteiger partial charge in [0, 0.05) is 25.5 Å². The van der Waals surface area contributed by atoms with Crippen LogP contribution < -0.4 is 10.6 Å². The number of hydrogen-bond acceptors (Lipinski definition) is 6. The topological polar surface area (TPSA) is 145 Å². The van der Waals surface area contributed by atoms with Crippen molar-refractivity contribution in [1.82, 2.24) is 10.6 Å². The van der Waals surface area contributed by atoms with E-state index in [4.69, 9.17) is 14.9 Å². The van der Waals surface area contributed by atoms with Gasteiger partial charge in [-0.3, -0.25) is 4.79 Å². The minimum atomic E-state index is -1.28. The Morgan fingerprint density at radius 2 is 1.59 bits per heavy atom. The van der Waals surface area contributed by atoms with E-state index < -0.39 is 43.1 Å². The number of carbonyl (C=O) groups excluding carboxylic acids is 2. The van der Waals surface area contributed by atoms with Crippen molar-refractivity contribution in [3.63, 3.8) is 0 Å². The molecular weight excluding hydrogens is 416 g/mol.